The number of piperidine rings is 1. The molecule has 3 aromatic rings. The van der Waals surface area contributed by atoms with E-state index in [1.54, 1.807) is 17.9 Å². The number of aryl methyl sites for hydroxylation is 1. The highest BCUT2D eigenvalue weighted by molar-refractivity contribution is 6.02. The van der Waals surface area contributed by atoms with Crippen LogP contribution in [0.2, 0.25) is 0 Å². The minimum atomic E-state index is -0.867. The van der Waals surface area contributed by atoms with E-state index in [2.05, 4.69) is 16.9 Å². The van der Waals surface area contributed by atoms with E-state index in [1.165, 1.54) is 18.2 Å². The third-order valence-electron chi connectivity index (χ3n) is 5.51. The van der Waals surface area contributed by atoms with Gasteiger partial charge in [-0.05, 0) is 37.8 Å². The van der Waals surface area contributed by atoms with Gasteiger partial charge in [-0.25, -0.2) is 23.7 Å². The van der Waals surface area contributed by atoms with Crippen molar-refractivity contribution < 1.29 is 14.0 Å². The molecule has 4 rings (SSSR count). The number of carbonyl (C=O) groups is 2. The Morgan fingerprint density at radius 2 is 2.00 bits per heavy atom. The summed E-state index contributed by atoms with van der Waals surface area (Å²) >= 11 is 0. The number of benzene rings is 1. The number of aromatic nitrogens is 4. The Kier molecular flexibility index (Phi) is 5.30. The van der Waals surface area contributed by atoms with Gasteiger partial charge in [0.15, 0.2) is 11.3 Å². The van der Waals surface area contributed by atoms with Crippen molar-refractivity contribution in [2.24, 2.45) is 11.7 Å². The highest BCUT2D eigenvalue weighted by Crippen LogP contribution is 2.22. The molecule has 0 saturated carbocycles. The van der Waals surface area contributed by atoms with Gasteiger partial charge >= 0.3 is 5.69 Å². The van der Waals surface area contributed by atoms with Crippen LogP contribution in [0.3, 0.4) is 0 Å². The van der Waals surface area contributed by atoms with Crippen molar-refractivity contribution in [2.75, 3.05) is 13.1 Å². The number of imidazole rings is 1. The van der Waals surface area contributed by atoms with Crippen molar-refractivity contribution in [1.82, 2.24) is 24.0 Å². The van der Waals surface area contributed by atoms with Crippen LogP contribution in [0.15, 0.2) is 29.1 Å². The van der Waals surface area contributed by atoms with Gasteiger partial charge in [0.05, 0.1) is 5.69 Å². The maximum absolute atomic E-state index is 14.6. The van der Waals surface area contributed by atoms with Crippen molar-refractivity contribution >= 4 is 23.0 Å². The summed E-state index contributed by atoms with van der Waals surface area (Å²) in [5.41, 5.74) is 4.64. The fraction of sp³-hybridized carbons (Fsp3) is 0.381. The number of hydrogen-bond donors (Lipinski definition) is 1. The first-order chi connectivity index (χ1) is 14.8. The second-order valence-electron chi connectivity index (χ2n) is 7.90. The summed E-state index contributed by atoms with van der Waals surface area (Å²) in [5.74, 6) is -1.22. The van der Waals surface area contributed by atoms with Crippen LogP contribution in [0.1, 0.15) is 36.1 Å². The van der Waals surface area contributed by atoms with Gasteiger partial charge in [0.1, 0.15) is 23.7 Å². The normalized spacial score (nSPS) is 16.6. The maximum atomic E-state index is 14.6. The molecule has 10 heteroatoms. The number of para-hydroxylation sites is 1. The monoisotopic (exact) mass is 426 g/mol. The summed E-state index contributed by atoms with van der Waals surface area (Å²) in [7, 11) is 0. The third-order valence-corrected chi connectivity index (χ3v) is 5.51. The Morgan fingerprint density at radius 1 is 1.26 bits per heavy atom. The Labute approximate surface area is 177 Å². The van der Waals surface area contributed by atoms with Crippen LogP contribution in [0.25, 0.3) is 16.9 Å². The molecular weight excluding hydrogens is 403 g/mol. The number of hydrogen-bond acceptors (Lipinski definition) is 5. The summed E-state index contributed by atoms with van der Waals surface area (Å²) in [4.78, 5) is 48.6. The summed E-state index contributed by atoms with van der Waals surface area (Å²) in [6.07, 6.45) is 1.92. The molecule has 2 N–H and O–H groups in total. The molecule has 3 heterocycles. The van der Waals surface area contributed by atoms with Gasteiger partial charge in [-0.2, -0.15) is 0 Å². The molecule has 0 spiro atoms. The molecule has 31 heavy (non-hydrogen) atoms. The number of likely N-dealkylation sites (tertiary alicyclic amines) is 1. The second kappa shape index (κ2) is 7.93. The molecule has 1 aromatic carbocycles. The van der Waals surface area contributed by atoms with Gasteiger partial charge < -0.3 is 10.6 Å². The quantitative estimate of drug-likeness (QED) is 0.677. The molecule has 1 saturated heterocycles. The van der Waals surface area contributed by atoms with E-state index < -0.39 is 17.4 Å². The van der Waals surface area contributed by atoms with E-state index in [1.807, 2.05) is 0 Å². The fourth-order valence-electron chi connectivity index (χ4n) is 4.08. The van der Waals surface area contributed by atoms with Crippen LogP contribution in [0.4, 0.5) is 4.39 Å². The largest absolute Gasteiger partial charge is 0.364 e. The van der Waals surface area contributed by atoms with Crippen molar-refractivity contribution in [3.63, 3.8) is 0 Å². The molecule has 9 nitrogen and oxygen atoms in total. The number of nitrogens with two attached hydrogens (primary N) is 1. The van der Waals surface area contributed by atoms with Crippen molar-refractivity contribution in [3.05, 3.63) is 52.1 Å². The third kappa shape index (κ3) is 3.69. The van der Waals surface area contributed by atoms with Crippen molar-refractivity contribution in [2.45, 2.75) is 33.2 Å². The van der Waals surface area contributed by atoms with Gasteiger partial charge in [-0.15, -0.1) is 0 Å². The molecule has 1 fully saturated rings. The topological polar surface area (TPSA) is 116 Å². The van der Waals surface area contributed by atoms with Gasteiger partial charge in [0, 0.05) is 13.1 Å². The molecule has 1 aliphatic heterocycles. The first-order valence-electron chi connectivity index (χ1n) is 10.1. The van der Waals surface area contributed by atoms with Crippen molar-refractivity contribution in [3.8, 4) is 5.69 Å². The minimum absolute atomic E-state index is 0.0183. The first-order valence-corrected chi connectivity index (χ1v) is 10.1. The lowest BCUT2D eigenvalue weighted by atomic mass is 10.0. The van der Waals surface area contributed by atoms with E-state index in [4.69, 9.17) is 5.73 Å². The SMILES string of the molecule is Cc1nc(C(N)=O)c2c(n1)n(-c1ccccc1F)c(=O)n2CC(=O)N1CCCC(C)C1. The Bertz CT molecular complexity index is 1250. The molecule has 1 atom stereocenters. The molecule has 1 unspecified atom stereocenters. The predicted molar refractivity (Wildman–Crippen MR) is 111 cm³/mol. The fourth-order valence-corrected chi connectivity index (χ4v) is 4.08. The highest BCUT2D eigenvalue weighted by Gasteiger charge is 2.27. The van der Waals surface area contributed by atoms with E-state index >= 15 is 0 Å². The summed E-state index contributed by atoms with van der Waals surface area (Å²) < 4.78 is 16.7. The van der Waals surface area contributed by atoms with Crippen LogP contribution in [-0.4, -0.2) is 48.9 Å². The zero-order chi connectivity index (χ0) is 22.3. The van der Waals surface area contributed by atoms with Gasteiger partial charge in [0.2, 0.25) is 5.91 Å². The van der Waals surface area contributed by atoms with Crippen LogP contribution >= 0.6 is 0 Å². The lowest BCUT2D eigenvalue weighted by Gasteiger charge is -2.31. The molecule has 0 bridgehead atoms. The lowest BCUT2D eigenvalue weighted by molar-refractivity contribution is -0.133. The number of rotatable bonds is 4. The molecular formula is C21H23FN6O3. The summed E-state index contributed by atoms with van der Waals surface area (Å²) in [6, 6.07) is 5.72. The number of amides is 2. The standard InChI is InChI=1S/C21H23FN6O3/c1-12-6-5-9-26(10-12)16(29)11-27-18-17(19(23)30)24-13(2)25-20(18)28(21(27)31)15-8-4-3-7-14(15)22/h3-4,7-8,12H,5-6,9-11H2,1-2H3,(H2,23,30). The molecule has 2 aromatic heterocycles. The maximum Gasteiger partial charge on any atom is 0.335 e. The van der Waals surface area contributed by atoms with Gasteiger partial charge in [-0.1, -0.05) is 19.1 Å². The van der Waals surface area contributed by atoms with Crippen LogP contribution in [-0.2, 0) is 11.3 Å². The van der Waals surface area contributed by atoms with Crippen LogP contribution < -0.4 is 11.4 Å². The Morgan fingerprint density at radius 3 is 2.68 bits per heavy atom. The first kappa shape index (κ1) is 20.7. The average molecular weight is 426 g/mol. The number of carbonyl (C=O) groups excluding carboxylic acids is 2. The Hall–Kier alpha value is -3.56. The predicted octanol–water partition coefficient (Wildman–Crippen LogP) is 1.39. The van der Waals surface area contributed by atoms with Gasteiger partial charge in [0.25, 0.3) is 5.91 Å². The highest BCUT2D eigenvalue weighted by atomic mass is 19.1. The molecule has 162 valence electrons. The van der Waals surface area contributed by atoms with E-state index in [-0.39, 0.29) is 40.8 Å². The zero-order valence-electron chi connectivity index (χ0n) is 17.3. The second-order valence-corrected chi connectivity index (χ2v) is 7.90. The molecule has 2 amide bonds. The van der Waals surface area contributed by atoms with Crippen molar-refractivity contribution in [1.29, 1.82) is 0 Å². The number of nitrogens with zero attached hydrogens (tertiary/aromatic N) is 5. The van der Waals surface area contributed by atoms with Crippen LogP contribution in [0.5, 0.6) is 0 Å². The van der Waals surface area contributed by atoms with Crippen LogP contribution in [0, 0.1) is 18.7 Å². The number of halogens is 1. The van der Waals surface area contributed by atoms with E-state index in [0.29, 0.717) is 19.0 Å². The minimum Gasteiger partial charge on any atom is -0.364 e. The molecule has 1 aliphatic rings. The van der Waals surface area contributed by atoms with Gasteiger partial charge in [-0.3, -0.25) is 14.2 Å². The van der Waals surface area contributed by atoms with E-state index in [0.717, 1.165) is 22.0 Å². The summed E-state index contributed by atoms with van der Waals surface area (Å²) in [6.45, 7) is 4.48. The molecule has 0 radical (unpaired) electrons. The number of fused-ring (bicyclic) bond motifs is 1. The summed E-state index contributed by atoms with van der Waals surface area (Å²) in [5, 5.41) is 0. The Balaban J connectivity index is 1.93. The number of primary amides is 1. The zero-order valence-corrected chi connectivity index (χ0v) is 17.3. The smallest absolute Gasteiger partial charge is 0.335 e. The lowest BCUT2D eigenvalue weighted by Crippen LogP contribution is -2.42. The van der Waals surface area contributed by atoms with E-state index in [9.17, 15) is 18.8 Å². The molecule has 0 aliphatic carbocycles. The average Bonchev–Trinajstić information content (AvgIpc) is 2.99.